The number of anilines is 1. The molecule has 1 aliphatic heterocycles. The molecule has 1 N–H and O–H groups in total. The molecule has 1 heterocycles. The van der Waals surface area contributed by atoms with Crippen LogP contribution in [-0.4, -0.2) is 11.5 Å². The van der Waals surface area contributed by atoms with Gasteiger partial charge in [-0.25, -0.2) is 4.39 Å². The molecule has 0 amide bonds. The van der Waals surface area contributed by atoms with Crippen LogP contribution < -0.4 is 5.32 Å². The number of nitro benzene ring substituents is 1. The van der Waals surface area contributed by atoms with Crippen LogP contribution in [0.1, 0.15) is 24.8 Å². The van der Waals surface area contributed by atoms with E-state index < -0.39 is 4.92 Å². The molecule has 16 heavy (non-hydrogen) atoms. The average Bonchev–Trinajstić information content (AvgIpc) is 2.57. The summed E-state index contributed by atoms with van der Waals surface area (Å²) in [6, 6.07) is 2.45. The van der Waals surface area contributed by atoms with E-state index in [-0.39, 0.29) is 16.9 Å². The number of nitrogens with one attached hydrogen (secondary N) is 1. The Morgan fingerprint density at radius 1 is 1.44 bits per heavy atom. The van der Waals surface area contributed by atoms with E-state index in [4.69, 9.17) is 0 Å². The number of hydrogen-bond donors (Lipinski definition) is 1. The highest BCUT2D eigenvalue weighted by atomic mass is 19.1. The third kappa shape index (κ3) is 1.03. The SMILES string of the molecule is O=[N+]([O-])c1ccc(F)c2c1NCC21CCC1. The molecule has 1 saturated carbocycles. The third-order valence-electron chi connectivity index (χ3n) is 3.77. The molecular weight excluding hydrogens is 211 g/mol. The number of hydrogen-bond acceptors (Lipinski definition) is 3. The van der Waals surface area contributed by atoms with E-state index >= 15 is 0 Å². The van der Waals surface area contributed by atoms with Gasteiger partial charge in [0.05, 0.1) is 4.92 Å². The van der Waals surface area contributed by atoms with Gasteiger partial charge in [-0.15, -0.1) is 0 Å². The van der Waals surface area contributed by atoms with Crippen LogP contribution in [0, 0.1) is 15.9 Å². The summed E-state index contributed by atoms with van der Waals surface area (Å²) in [7, 11) is 0. The van der Waals surface area contributed by atoms with Gasteiger partial charge >= 0.3 is 0 Å². The molecule has 4 nitrogen and oxygen atoms in total. The number of nitrogens with zero attached hydrogens (tertiary/aromatic N) is 1. The average molecular weight is 222 g/mol. The van der Waals surface area contributed by atoms with Crippen LogP contribution in [0.2, 0.25) is 0 Å². The molecule has 84 valence electrons. The van der Waals surface area contributed by atoms with E-state index in [2.05, 4.69) is 5.32 Å². The van der Waals surface area contributed by atoms with Crippen molar-refractivity contribution in [3.05, 3.63) is 33.6 Å². The van der Waals surface area contributed by atoms with Crippen LogP contribution in [0.5, 0.6) is 0 Å². The van der Waals surface area contributed by atoms with Gasteiger partial charge in [-0.05, 0) is 18.9 Å². The maximum absolute atomic E-state index is 13.8. The van der Waals surface area contributed by atoms with Crippen molar-refractivity contribution in [3.8, 4) is 0 Å². The van der Waals surface area contributed by atoms with Crippen molar-refractivity contribution in [1.29, 1.82) is 0 Å². The maximum Gasteiger partial charge on any atom is 0.292 e. The van der Waals surface area contributed by atoms with Gasteiger partial charge in [0.25, 0.3) is 5.69 Å². The molecular formula is C11H11FN2O2. The van der Waals surface area contributed by atoms with Gasteiger partial charge in [-0.1, -0.05) is 6.42 Å². The zero-order chi connectivity index (χ0) is 11.3. The van der Waals surface area contributed by atoms with Gasteiger partial charge in [-0.3, -0.25) is 10.1 Å². The molecule has 1 spiro atoms. The van der Waals surface area contributed by atoms with E-state index in [0.717, 1.165) is 19.3 Å². The first-order valence-electron chi connectivity index (χ1n) is 5.35. The van der Waals surface area contributed by atoms with Gasteiger partial charge in [-0.2, -0.15) is 0 Å². The smallest absolute Gasteiger partial charge is 0.292 e. The van der Waals surface area contributed by atoms with Crippen molar-refractivity contribution in [2.24, 2.45) is 0 Å². The lowest BCUT2D eigenvalue weighted by molar-refractivity contribution is -0.384. The first-order chi connectivity index (χ1) is 7.64. The molecule has 1 aliphatic carbocycles. The monoisotopic (exact) mass is 222 g/mol. The summed E-state index contributed by atoms with van der Waals surface area (Å²) in [5.74, 6) is -0.315. The van der Waals surface area contributed by atoms with Crippen molar-refractivity contribution in [2.75, 3.05) is 11.9 Å². The summed E-state index contributed by atoms with van der Waals surface area (Å²) in [4.78, 5) is 10.4. The van der Waals surface area contributed by atoms with Gasteiger partial charge in [0, 0.05) is 23.6 Å². The molecule has 0 atom stereocenters. The first kappa shape index (κ1) is 9.57. The summed E-state index contributed by atoms with van der Waals surface area (Å²) in [6.45, 7) is 0.629. The van der Waals surface area contributed by atoms with Gasteiger partial charge < -0.3 is 5.32 Å². The summed E-state index contributed by atoms with van der Waals surface area (Å²) >= 11 is 0. The molecule has 0 bridgehead atoms. The van der Waals surface area contributed by atoms with Crippen LogP contribution in [0.25, 0.3) is 0 Å². The van der Waals surface area contributed by atoms with Crippen molar-refractivity contribution in [1.82, 2.24) is 0 Å². The Morgan fingerprint density at radius 2 is 2.19 bits per heavy atom. The molecule has 1 aromatic carbocycles. The minimum Gasteiger partial charge on any atom is -0.378 e. The van der Waals surface area contributed by atoms with E-state index in [0.29, 0.717) is 17.8 Å². The van der Waals surface area contributed by atoms with Crippen molar-refractivity contribution < 1.29 is 9.31 Å². The molecule has 0 unspecified atom stereocenters. The van der Waals surface area contributed by atoms with Crippen molar-refractivity contribution in [3.63, 3.8) is 0 Å². The lowest BCUT2D eigenvalue weighted by atomic mass is 9.65. The Balaban J connectivity index is 2.21. The number of fused-ring (bicyclic) bond motifs is 2. The van der Waals surface area contributed by atoms with Crippen LogP contribution in [0.4, 0.5) is 15.8 Å². The standard InChI is InChI=1S/C11H11FN2O2/c12-7-2-3-8(14(15)16)10-9(7)11(6-13-10)4-1-5-11/h2-3,13H,1,4-6H2. The van der Waals surface area contributed by atoms with Gasteiger partial charge in [0.1, 0.15) is 11.5 Å². The Kier molecular flexibility index (Phi) is 1.75. The third-order valence-corrected chi connectivity index (χ3v) is 3.77. The minimum absolute atomic E-state index is 0.0137. The second-order valence-corrected chi connectivity index (χ2v) is 4.56. The quantitative estimate of drug-likeness (QED) is 0.587. The number of benzene rings is 1. The zero-order valence-electron chi connectivity index (χ0n) is 8.62. The fourth-order valence-electron chi connectivity index (χ4n) is 2.79. The van der Waals surface area contributed by atoms with Crippen LogP contribution in [0.15, 0.2) is 12.1 Å². The second kappa shape index (κ2) is 2.93. The van der Waals surface area contributed by atoms with E-state index in [1.54, 1.807) is 0 Å². The van der Waals surface area contributed by atoms with E-state index in [1.165, 1.54) is 12.1 Å². The molecule has 1 fully saturated rings. The highest BCUT2D eigenvalue weighted by molar-refractivity contribution is 5.73. The van der Waals surface area contributed by atoms with Crippen molar-refractivity contribution in [2.45, 2.75) is 24.7 Å². The minimum atomic E-state index is -0.455. The molecule has 2 aliphatic rings. The Bertz CT molecular complexity index is 483. The summed E-state index contributed by atoms with van der Waals surface area (Å²) in [5.41, 5.74) is 0.739. The van der Waals surface area contributed by atoms with Crippen LogP contribution >= 0.6 is 0 Å². The largest absolute Gasteiger partial charge is 0.378 e. The Labute approximate surface area is 91.6 Å². The normalized spacial score (nSPS) is 20.1. The Morgan fingerprint density at radius 3 is 2.75 bits per heavy atom. The number of nitro groups is 1. The predicted octanol–water partition coefficient (Wildman–Crippen LogP) is 2.58. The molecule has 0 saturated heterocycles. The van der Waals surface area contributed by atoms with Crippen LogP contribution in [-0.2, 0) is 5.41 Å². The van der Waals surface area contributed by atoms with Crippen LogP contribution in [0.3, 0.4) is 0 Å². The van der Waals surface area contributed by atoms with E-state index in [9.17, 15) is 14.5 Å². The highest BCUT2D eigenvalue weighted by Crippen LogP contribution is 2.53. The fourth-order valence-corrected chi connectivity index (χ4v) is 2.79. The molecule has 5 heteroatoms. The van der Waals surface area contributed by atoms with E-state index in [1.807, 2.05) is 0 Å². The number of halogens is 1. The topological polar surface area (TPSA) is 55.2 Å². The molecule has 0 aromatic heterocycles. The Hall–Kier alpha value is -1.65. The zero-order valence-corrected chi connectivity index (χ0v) is 8.62. The lowest BCUT2D eigenvalue weighted by Crippen LogP contribution is -2.36. The fraction of sp³-hybridized carbons (Fsp3) is 0.455. The summed E-state index contributed by atoms with van der Waals surface area (Å²) in [6.07, 6.45) is 2.92. The summed E-state index contributed by atoms with van der Waals surface area (Å²) in [5, 5.41) is 13.8. The maximum atomic E-state index is 13.8. The van der Waals surface area contributed by atoms with Gasteiger partial charge in [0.2, 0.25) is 0 Å². The second-order valence-electron chi connectivity index (χ2n) is 4.56. The summed E-state index contributed by atoms with van der Waals surface area (Å²) < 4.78 is 13.8. The van der Waals surface area contributed by atoms with Crippen molar-refractivity contribution >= 4 is 11.4 Å². The first-order valence-corrected chi connectivity index (χ1v) is 5.35. The highest BCUT2D eigenvalue weighted by Gasteiger charge is 2.48. The van der Waals surface area contributed by atoms with Gasteiger partial charge in [0.15, 0.2) is 0 Å². The lowest BCUT2D eigenvalue weighted by Gasteiger charge is -2.38. The molecule has 3 rings (SSSR count). The molecule has 1 aromatic rings. The molecule has 0 radical (unpaired) electrons. The number of rotatable bonds is 1. The predicted molar refractivity (Wildman–Crippen MR) is 57.1 cm³/mol.